The van der Waals surface area contributed by atoms with Crippen LogP contribution in [0.1, 0.15) is 0 Å². The Morgan fingerprint density at radius 3 is 2.05 bits per heavy atom. The summed E-state index contributed by atoms with van der Waals surface area (Å²) in [5, 5.41) is 9.85. The standard InChI is InChI=1S/C14H22O5/c1-4-7-16-11-10-19-14(15)13(18-9-6-3)12(11)17-8-5-2/h4-6,11-15H,1-3,7-10H2/t11-,12+,13-,14?/m1/s1. The Morgan fingerprint density at radius 1 is 0.947 bits per heavy atom. The van der Waals surface area contributed by atoms with Crippen LogP contribution in [0.5, 0.6) is 0 Å². The van der Waals surface area contributed by atoms with Gasteiger partial charge in [0, 0.05) is 0 Å². The van der Waals surface area contributed by atoms with E-state index in [2.05, 4.69) is 19.7 Å². The SMILES string of the molecule is C=CCO[C@H]1[C@H](OCC=C)COC(O)[C@@H]1OCC=C. The second-order valence-corrected chi connectivity index (χ2v) is 4.06. The zero-order chi connectivity index (χ0) is 14.1. The summed E-state index contributed by atoms with van der Waals surface area (Å²) in [6, 6.07) is 0. The van der Waals surface area contributed by atoms with Crippen LogP contribution in [0.3, 0.4) is 0 Å². The van der Waals surface area contributed by atoms with E-state index in [9.17, 15) is 5.11 Å². The first-order valence-corrected chi connectivity index (χ1v) is 6.21. The van der Waals surface area contributed by atoms with Gasteiger partial charge in [-0.2, -0.15) is 0 Å². The van der Waals surface area contributed by atoms with E-state index in [1.165, 1.54) is 0 Å². The van der Waals surface area contributed by atoms with Crippen molar-refractivity contribution in [3.05, 3.63) is 38.0 Å². The van der Waals surface area contributed by atoms with Crippen molar-refractivity contribution in [2.24, 2.45) is 0 Å². The molecule has 1 heterocycles. The topological polar surface area (TPSA) is 57.2 Å². The molecule has 19 heavy (non-hydrogen) atoms. The minimum absolute atomic E-state index is 0.241. The Morgan fingerprint density at radius 2 is 1.47 bits per heavy atom. The number of aliphatic hydroxyl groups is 1. The molecular weight excluding hydrogens is 248 g/mol. The highest BCUT2D eigenvalue weighted by atomic mass is 16.7. The van der Waals surface area contributed by atoms with Crippen LogP contribution in [0.4, 0.5) is 0 Å². The molecule has 0 saturated carbocycles. The lowest BCUT2D eigenvalue weighted by molar-refractivity contribution is -0.275. The van der Waals surface area contributed by atoms with Crippen LogP contribution in [-0.2, 0) is 18.9 Å². The smallest absolute Gasteiger partial charge is 0.183 e. The van der Waals surface area contributed by atoms with Crippen LogP contribution >= 0.6 is 0 Å². The van der Waals surface area contributed by atoms with Gasteiger partial charge in [0.25, 0.3) is 0 Å². The van der Waals surface area contributed by atoms with Gasteiger partial charge in [0.15, 0.2) is 6.29 Å². The predicted molar refractivity (Wildman–Crippen MR) is 71.8 cm³/mol. The molecule has 1 aliphatic rings. The molecule has 5 heteroatoms. The van der Waals surface area contributed by atoms with Crippen LogP contribution in [0.25, 0.3) is 0 Å². The molecule has 1 saturated heterocycles. The van der Waals surface area contributed by atoms with E-state index in [4.69, 9.17) is 18.9 Å². The average molecular weight is 270 g/mol. The first-order chi connectivity index (χ1) is 9.24. The number of hydrogen-bond donors (Lipinski definition) is 1. The summed E-state index contributed by atoms with van der Waals surface area (Å²) in [5.41, 5.74) is 0. The zero-order valence-corrected chi connectivity index (χ0v) is 11.1. The average Bonchev–Trinajstić information content (AvgIpc) is 2.42. The number of hydrogen-bond acceptors (Lipinski definition) is 5. The molecule has 0 aromatic heterocycles. The van der Waals surface area contributed by atoms with Crippen molar-refractivity contribution in [1.82, 2.24) is 0 Å². The second kappa shape index (κ2) is 9.01. The van der Waals surface area contributed by atoms with E-state index in [1.54, 1.807) is 18.2 Å². The van der Waals surface area contributed by atoms with E-state index in [0.29, 0.717) is 19.8 Å². The highest BCUT2D eigenvalue weighted by Gasteiger charge is 2.41. The van der Waals surface area contributed by atoms with Crippen molar-refractivity contribution >= 4 is 0 Å². The van der Waals surface area contributed by atoms with Crippen molar-refractivity contribution < 1.29 is 24.1 Å². The Kier molecular flexibility index (Phi) is 7.62. The molecule has 0 spiro atoms. The molecule has 0 radical (unpaired) electrons. The molecule has 0 aromatic rings. The Labute approximate surface area is 114 Å². The van der Waals surface area contributed by atoms with Gasteiger partial charge in [0.05, 0.1) is 26.4 Å². The Bertz CT molecular complexity index is 292. The summed E-state index contributed by atoms with van der Waals surface area (Å²) < 4.78 is 22.0. The van der Waals surface area contributed by atoms with Crippen molar-refractivity contribution in [3.63, 3.8) is 0 Å². The van der Waals surface area contributed by atoms with Gasteiger partial charge in [0.2, 0.25) is 0 Å². The number of rotatable bonds is 9. The third-order valence-electron chi connectivity index (χ3n) is 2.64. The van der Waals surface area contributed by atoms with E-state index in [-0.39, 0.29) is 12.7 Å². The quantitative estimate of drug-likeness (QED) is 0.635. The summed E-state index contributed by atoms with van der Waals surface area (Å²) in [4.78, 5) is 0. The third-order valence-corrected chi connectivity index (χ3v) is 2.64. The van der Waals surface area contributed by atoms with Crippen LogP contribution in [-0.4, -0.2) is 56.1 Å². The van der Waals surface area contributed by atoms with Gasteiger partial charge in [-0.05, 0) is 0 Å². The maximum Gasteiger partial charge on any atom is 0.183 e. The number of ether oxygens (including phenoxy) is 4. The van der Waals surface area contributed by atoms with Crippen molar-refractivity contribution in [1.29, 1.82) is 0 Å². The van der Waals surface area contributed by atoms with E-state index >= 15 is 0 Å². The number of aliphatic hydroxyl groups excluding tert-OH is 1. The predicted octanol–water partition coefficient (Wildman–Crippen LogP) is 1.05. The van der Waals surface area contributed by atoms with E-state index < -0.39 is 18.5 Å². The maximum atomic E-state index is 9.85. The molecule has 1 fully saturated rings. The van der Waals surface area contributed by atoms with Gasteiger partial charge >= 0.3 is 0 Å². The molecule has 4 atom stereocenters. The molecule has 1 N–H and O–H groups in total. The van der Waals surface area contributed by atoms with Crippen LogP contribution < -0.4 is 0 Å². The highest BCUT2D eigenvalue weighted by Crippen LogP contribution is 2.22. The molecule has 108 valence electrons. The summed E-state index contributed by atoms with van der Waals surface area (Å²) in [6.45, 7) is 12.0. The largest absolute Gasteiger partial charge is 0.369 e. The summed E-state index contributed by atoms with van der Waals surface area (Å²) >= 11 is 0. The normalized spacial score (nSPS) is 30.8. The first kappa shape index (κ1) is 16.1. The van der Waals surface area contributed by atoms with Gasteiger partial charge in [-0.1, -0.05) is 18.2 Å². The lowest BCUT2D eigenvalue weighted by atomic mass is 10.0. The van der Waals surface area contributed by atoms with Crippen LogP contribution in [0.2, 0.25) is 0 Å². The minimum atomic E-state index is -1.04. The molecule has 0 bridgehead atoms. The molecule has 0 aromatic carbocycles. The Hall–Kier alpha value is -0.980. The highest BCUT2D eigenvalue weighted by molar-refractivity contribution is 4.88. The van der Waals surface area contributed by atoms with Crippen LogP contribution in [0, 0.1) is 0 Å². The second-order valence-electron chi connectivity index (χ2n) is 4.06. The van der Waals surface area contributed by atoms with E-state index in [1.807, 2.05) is 0 Å². The summed E-state index contributed by atoms with van der Waals surface area (Å²) in [5.74, 6) is 0. The summed E-state index contributed by atoms with van der Waals surface area (Å²) in [7, 11) is 0. The molecule has 1 unspecified atom stereocenters. The van der Waals surface area contributed by atoms with Crippen molar-refractivity contribution in [2.75, 3.05) is 26.4 Å². The van der Waals surface area contributed by atoms with Crippen LogP contribution in [0.15, 0.2) is 38.0 Å². The minimum Gasteiger partial charge on any atom is -0.369 e. The van der Waals surface area contributed by atoms with Gasteiger partial charge in [-0.25, -0.2) is 0 Å². The van der Waals surface area contributed by atoms with Crippen molar-refractivity contribution in [3.8, 4) is 0 Å². The molecular formula is C14H22O5. The maximum absolute atomic E-state index is 9.85. The zero-order valence-electron chi connectivity index (χ0n) is 11.1. The molecule has 1 aliphatic heterocycles. The first-order valence-electron chi connectivity index (χ1n) is 6.21. The van der Waals surface area contributed by atoms with Crippen molar-refractivity contribution in [2.45, 2.75) is 24.6 Å². The van der Waals surface area contributed by atoms with E-state index in [0.717, 1.165) is 0 Å². The summed E-state index contributed by atoms with van der Waals surface area (Å²) in [6.07, 6.45) is 2.47. The van der Waals surface area contributed by atoms with Gasteiger partial charge in [-0.15, -0.1) is 19.7 Å². The lowest BCUT2D eigenvalue weighted by Gasteiger charge is -2.39. The molecule has 5 nitrogen and oxygen atoms in total. The third kappa shape index (κ3) is 4.89. The lowest BCUT2D eigenvalue weighted by Crippen LogP contribution is -2.56. The van der Waals surface area contributed by atoms with Gasteiger partial charge in [0.1, 0.15) is 18.3 Å². The Balaban J connectivity index is 2.70. The fraction of sp³-hybridized carbons (Fsp3) is 0.571. The monoisotopic (exact) mass is 270 g/mol. The van der Waals surface area contributed by atoms with Gasteiger partial charge in [-0.3, -0.25) is 0 Å². The fourth-order valence-electron chi connectivity index (χ4n) is 1.83. The molecule has 0 aliphatic carbocycles. The van der Waals surface area contributed by atoms with Gasteiger partial charge < -0.3 is 24.1 Å². The molecule has 0 amide bonds. The fourth-order valence-corrected chi connectivity index (χ4v) is 1.83. The molecule has 1 rings (SSSR count).